The summed E-state index contributed by atoms with van der Waals surface area (Å²) in [6, 6.07) is 0. The molecule has 0 aromatic carbocycles. The van der Waals surface area contributed by atoms with E-state index in [0.29, 0.717) is 24.7 Å². The Hall–Kier alpha value is 0.465. The van der Waals surface area contributed by atoms with Crippen molar-refractivity contribution in [3.8, 4) is 0 Å². The maximum atomic E-state index is 10.1. The van der Waals surface area contributed by atoms with Gasteiger partial charge in [-0.1, -0.05) is 29.8 Å². The van der Waals surface area contributed by atoms with E-state index >= 15 is 0 Å². The summed E-state index contributed by atoms with van der Waals surface area (Å²) in [5.41, 5.74) is 0.0202. The van der Waals surface area contributed by atoms with E-state index in [2.05, 4.69) is 36.7 Å². The molecule has 0 spiro atoms. The van der Waals surface area contributed by atoms with Crippen molar-refractivity contribution in [3.05, 3.63) is 0 Å². The van der Waals surface area contributed by atoms with Gasteiger partial charge in [-0.05, 0) is 37.0 Å². The first-order valence-corrected chi connectivity index (χ1v) is 6.93. The van der Waals surface area contributed by atoms with Crippen molar-refractivity contribution < 1.29 is 9.76 Å². The van der Waals surface area contributed by atoms with Crippen LogP contribution in [0.3, 0.4) is 0 Å². The Balaban J connectivity index is 2.14. The summed E-state index contributed by atoms with van der Waals surface area (Å²) in [6.45, 7) is 6.71. The molecule has 0 aliphatic heterocycles. The Morgan fingerprint density at radius 1 is 1.40 bits per heavy atom. The van der Waals surface area contributed by atoms with E-state index in [9.17, 15) is 5.11 Å². The lowest BCUT2D eigenvalue weighted by atomic mass is 9.43. The zero-order valence-corrected chi connectivity index (χ0v) is 11.4. The average Bonchev–Trinajstić information content (AvgIpc) is 2.18. The highest BCUT2D eigenvalue weighted by atomic mass is 79.9. The van der Waals surface area contributed by atoms with E-state index in [1.165, 1.54) is 6.42 Å². The van der Waals surface area contributed by atoms with Crippen molar-refractivity contribution in [2.24, 2.45) is 17.3 Å². The van der Waals surface area contributed by atoms with Crippen LogP contribution in [-0.2, 0) is 4.65 Å². The fraction of sp³-hybridized carbons (Fsp3) is 1.00. The quantitative estimate of drug-likeness (QED) is 0.629. The summed E-state index contributed by atoms with van der Waals surface area (Å²) in [5.74, 6) is 1.20. The van der Waals surface area contributed by atoms with E-state index in [1.54, 1.807) is 0 Å². The minimum atomic E-state index is -0.327. The van der Waals surface area contributed by atoms with E-state index in [1.807, 2.05) is 0 Å². The Morgan fingerprint density at radius 3 is 2.60 bits per heavy atom. The van der Waals surface area contributed by atoms with Crippen LogP contribution in [0.2, 0.25) is 0 Å². The Labute approximate surface area is 101 Å². The standard InChI is InChI=1S/C11H20BBrO2/c1-10(2)7-4-8(10)11(3,9(14)5-7)15-12-6-13/h7-9,12,14H,4-6H2,1-3H3/t7-,8-,9?,11-/m0/s1. The van der Waals surface area contributed by atoms with Crippen LogP contribution < -0.4 is 0 Å². The molecule has 4 atom stereocenters. The highest BCUT2D eigenvalue weighted by Gasteiger charge is 2.63. The van der Waals surface area contributed by atoms with Crippen molar-refractivity contribution in [1.29, 1.82) is 0 Å². The van der Waals surface area contributed by atoms with Gasteiger partial charge in [0.15, 0.2) is 0 Å². The lowest BCUT2D eigenvalue weighted by molar-refractivity contribution is -0.234. The van der Waals surface area contributed by atoms with Crippen LogP contribution >= 0.6 is 15.9 Å². The molecule has 0 heterocycles. The summed E-state index contributed by atoms with van der Waals surface area (Å²) in [6.07, 6.45) is 1.85. The molecule has 1 N–H and O–H groups in total. The number of halogens is 1. The molecule has 0 aromatic rings. The highest BCUT2D eigenvalue weighted by Crippen LogP contribution is 2.63. The molecule has 0 saturated heterocycles. The van der Waals surface area contributed by atoms with Crippen molar-refractivity contribution in [1.82, 2.24) is 0 Å². The van der Waals surface area contributed by atoms with Gasteiger partial charge in [0.25, 0.3) is 7.48 Å². The van der Waals surface area contributed by atoms with E-state index < -0.39 is 0 Å². The summed E-state index contributed by atoms with van der Waals surface area (Å²) < 4.78 is 5.92. The lowest BCUT2D eigenvalue weighted by Crippen LogP contribution is -2.67. The van der Waals surface area contributed by atoms with Gasteiger partial charge in [-0.15, -0.1) is 0 Å². The Kier molecular flexibility index (Phi) is 2.98. The Bertz CT molecular complexity index is 259. The zero-order valence-electron chi connectivity index (χ0n) is 9.79. The van der Waals surface area contributed by atoms with E-state index in [0.717, 1.165) is 11.7 Å². The van der Waals surface area contributed by atoms with E-state index in [-0.39, 0.29) is 11.7 Å². The van der Waals surface area contributed by atoms with Gasteiger partial charge in [0.05, 0.1) is 11.7 Å². The fourth-order valence-corrected chi connectivity index (χ4v) is 3.74. The molecular formula is C11H20BBrO2. The molecule has 3 aliphatic rings. The third-order valence-electron chi connectivity index (χ3n) is 4.82. The molecule has 1 unspecified atom stereocenters. The number of aliphatic hydroxyl groups is 1. The summed E-state index contributed by atoms with van der Waals surface area (Å²) >= 11 is 3.37. The van der Waals surface area contributed by atoms with Crippen molar-refractivity contribution in [3.63, 3.8) is 0 Å². The molecular weight excluding hydrogens is 255 g/mol. The van der Waals surface area contributed by atoms with E-state index in [4.69, 9.17) is 4.65 Å². The predicted molar refractivity (Wildman–Crippen MR) is 66.4 cm³/mol. The average molecular weight is 275 g/mol. The topological polar surface area (TPSA) is 29.5 Å². The van der Waals surface area contributed by atoms with Gasteiger partial charge in [-0.2, -0.15) is 0 Å². The molecule has 0 amide bonds. The normalized spacial score (nSPS) is 47.1. The smallest absolute Gasteiger partial charge is 0.286 e. The third kappa shape index (κ3) is 1.60. The molecule has 2 nitrogen and oxygen atoms in total. The van der Waals surface area contributed by atoms with Crippen molar-refractivity contribution in [2.75, 3.05) is 5.23 Å². The van der Waals surface area contributed by atoms with Crippen LogP contribution in [0.25, 0.3) is 0 Å². The van der Waals surface area contributed by atoms with Crippen molar-refractivity contribution >= 4 is 23.4 Å². The minimum Gasteiger partial charge on any atom is -0.431 e. The molecule has 3 aliphatic carbocycles. The fourth-order valence-electron chi connectivity index (χ4n) is 3.58. The summed E-state index contributed by atoms with van der Waals surface area (Å²) in [4.78, 5) is 0. The largest absolute Gasteiger partial charge is 0.431 e. The SMILES string of the molecule is CC1(C)[C@@H]2CC(O)[C@@](C)(OBCBr)[C@H]1C2. The second-order valence-electron chi connectivity index (χ2n) is 5.78. The van der Waals surface area contributed by atoms with Crippen LogP contribution in [-0.4, -0.2) is 29.5 Å². The summed E-state index contributed by atoms with van der Waals surface area (Å²) in [5, 5.41) is 11.0. The van der Waals surface area contributed by atoms with Gasteiger partial charge in [0.2, 0.25) is 0 Å². The second kappa shape index (κ2) is 3.74. The van der Waals surface area contributed by atoms with Crippen LogP contribution in [0, 0.1) is 17.3 Å². The number of rotatable bonds is 3. The van der Waals surface area contributed by atoms with Gasteiger partial charge in [0, 0.05) is 5.23 Å². The molecule has 86 valence electrons. The van der Waals surface area contributed by atoms with Gasteiger partial charge >= 0.3 is 0 Å². The molecule has 3 rings (SSSR count). The van der Waals surface area contributed by atoms with Crippen LogP contribution in [0.1, 0.15) is 33.6 Å². The number of aliphatic hydroxyl groups excluding tert-OH is 1. The molecule has 4 heteroatoms. The maximum Gasteiger partial charge on any atom is 0.286 e. The Morgan fingerprint density at radius 2 is 2.07 bits per heavy atom. The lowest BCUT2D eigenvalue weighted by Gasteiger charge is -2.65. The highest BCUT2D eigenvalue weighted by molar-refractivity contribution is 9.09. The summed E-state index contributed by atoms with van der Waals surface area (Å²) in [7, 11) is 0.685. The number of hydrogen-bond acceptors (Lipinski definition) is 2. The maximum absolute atomic E-state index is 10.1. The zero-order chi connectivity index (χ0) is 11.3. The first-order chi connectivity index (χ1) is 6.93. The monoisotopic (exact) mass is 274 g/mol. The van der Waals surface area contributed by atoms with Crippen molar-refractivity contribution in [2.45, 2.75) is 45.3 Å². The molecule has 15 heavy (non-hydrogen) atoms. The third-order valence-corrected chi connectivity index (χ3v) is 5.15. The number of fused-ring (bicyclic) bond motifs is 2. The van der Waals surface area contributed by atoms with Gasteiger partial charge in [-0.3, -0.25) is 0 Å². The molecule has 3 fully saturated rings. The first kappa shape index (κ1) is 11.9. The van der Waals surface area contributed by atoms with Gasteiger partial charge < -0.3 is 9.76 Å². The van der Waals surface area contributed by atoms with Gasteiger partial charge in [-0.25, -0.2) is 0 Å². The number of alkyl halides is 1. The molecule has 2 bridgehead atoms. The number of hydrogen-bond donors (Lipinski definition) is 1. The van der Waals surface area contributed by atoms with Gasteiger partial charge in [0.1, 0.15) is 0 Å². The first-order valence-electron chi connectivity index (χ1n) is 5.81. The van der Waals surface area contributed by atoms with Crippen LogP contribution in [0.4, 0.5) is 0 Å². The van der Waals surface area contributed by atoms with Crippen LogP contribution in [0.5, 0.6) is 0 Å². The minimum absolute atomic E-state index is 0.284. The molecule has 0 radical (unpaired) electrons. The second-order valence-corrected chi connectivity index (χ2v) is 6.57. The van der Waals surface area contributed by atoms with Crippen LogP contribution in [0.15, 0.2) is 0 Å². The molecule has 3 saturated carbocycles. The molecule has 0 aromatic heterocycles. The predicted octanol–water partition coefficient (Wildman–Crippen LogP) is 1.89.